The van der Waals surface area contributed by atoms with E-state index in [0.717, 1.165) is 0 Å². The Morgan fingerprint density at radius 1 is 1.17 bits per heavy atom. The van der Waals surface area contributed by atoms with Crippen LogP contribution in [0.4, 0.5) is 0 Å². The van der Waals surface area contributed by atoms with E-state index in [1.165, 1.54) is 43.9 Å². The molecule has 1 saturated carbocycles. The van der Waals surface area contributed by atoms with Gasteiger partial charge < -0.3 is 14.8 Å². The fourth-order valence-corrected chi connectivity index (χ4v) is 3.22. The summed E-state index contributed by atoms with van der Waals surface area (Å²) in [6.07, 6.45) is 7.13. The van der Waals surface area contributed by atoms with E-state index >= 15 is 0 Å². The number of hydrogen-bond donors (Lipinski definition) is 2. The molecule has 0 saturated heterocycles. The molecule has 1 amide bonds. The summed E-state index contributed by atoms with van der Waals surface area (Å²) in [7, 11) is 0. The molecule has 1 aliphatic carbocycles. The van der Waals surface area contributed by atoms with Gasteiger partial charge in [-0.25, -0.2) is 0 Å². The average Bonchev–Trinajstić information content (AvgIpc) is 3.15. The minimum Gasteiger partial charge on any atom is -0.467 e. The number of furan rings is 1. The van der Waals surface area contributed by atoms with Crippen molar-refractivity contribution in [3.05, 3.63) is 59.5 Å². The SMILES string of the molecule is O=C(NCC(O)c1ccco1)c1ccc(C2CCCCC2)cc1. The third-order valence-electron chi connectivity index (χ3n) is 4.58. The lowest BCUT2D eigenvalue weighted by Gasteiger charge is -2.22. The van der Waals surface area contributed by atoms with Gasteiger partial charge in [-0.1, -0.05) is 31.4 Å². The molecule has 0 aliphatic heterocycles. The summed E-state index contributed by atoms with van der Waals surface area (Å²) in [5.41, 5.74) is 1.95. The Labute approximate surface area is 136 Å². The minimum absolute atomic E-state index is 0.136. The largest absolute Gasteiger partial charge is 0.467 e. The monoisotopic (exact) mass is 313 g/mol. The van der Waals surface area contributed by atoms with Gasteiger partial charge in [-0.2, -0.15) is 0 Å². The number of rotatable bonds is 5. The van der Waals surface area contributed by atoms with Gasteiger partial charge in [-0.15, -0.1) is 0 Å². The van der Waals surface area contributed by atoms with Crippen LogP contribution in [0.25, 0.3) is 0 Å². The quantitative estimate of drug-likeness (QED) is 0.883. The van der Waals surface area contributed by atoms with Crippen LogP contribution in [0.15, 0.2) is 47.1 Å². The Hall–Kier alpha value is -2.07. The van der Waals surface area contributed by atoms with Crippen LogP contribution in [0, 0.1) is 0 Å². The normalized spacial score (nSPS) is 16.9. The predicted octanol–water partition coefficient (Wildman–Crippen LogP) is 3.79. The van der Waals surface area contributed by atoms with Crippen molar-refractivity contribution in [1.29, 1.82) is 0 Å². The average molecular weight is 313 g/mol. The van der Waals surface area contributed by atoms with E-state index in [-0.39, 0.29) is 12.5 Å². The molecule has 2 aromatic rings. The number of carbonyl (C=O) groups is 1. The van der Waals surface area contributed by atoms with Crippen LogP contribution in [0.5, 0.6) is 0 Å². The van der Waals surface area contributed by atoms with E-state index in [1.807, 2.05) is 12.1 Å². The number of nitrogens with one attached hydrogen (secondary N) is 1. The molecule has 2 N–H and O–H groups in total. The van der Waals surface area contributed by atoms with Gasteiger partial charge in [0.2, 0.25) is 0 Å². The molecule has 0 spiro atoms. The first-order chi connectivity index (χ1) is 11.2. The zero-order valence-electron chi connectivity index (χ0n) is 13.2. The van der Waals surface area contributed by atoms with Crippen LogP contribution >= 0.6 is 0 Å². The summed E-state index contributed by atoms with van der Waals surface area (Å²) in [6.45, 7) is 0.136. The van der Waals surface area contributed by atoms with Crippen molar-refractivity contribution >= 4 is 5.91 Å². The van der Waals surface area contributed by atoms with Crippen LogP contribution in [-0.2, 0) is 0 Å². The summed E-state index contributed by atoms with van der Waals surface area (Å²) >= 11 is 0. The number of aliphatic hydroxyl groups is 1. The topological polar surface area (TPSA) is 62.5 Å². The van der Waals surface area contributed by atoms with E-state index < -0.39 is 6.10 Å². The molecule has 0 bridgehead atoms. The van der Waals surface area contributed by atoms with Crippen molar-refractivity contribution in [1.82, 2.24) is 5.32 Å². The van der Waals surface area contributed by atoms with Gasteiger partial charge in [0.25, 0.3) is 5.91 Å². The maximum absolute atomic E-state index is 12.2. The number of aliphatic hydroxyl groups excluding tert-OH is 1. The van der Waals surface area contributed by atoms with Crippen molar-refractivity contribution in [2.24, 2.45) is 0 Å². The van der Waals surface area contributed by atoms with Crippen LogP contribution in [0.3, 0.4) is 0 Å². The van der Waals surface area contributed by atoms with Crippen molar-refractivity contribution in [3.63, 3.8) is 0 Å². The molecule has 1 aromatic carbocycles. The molecule has 1 unspecified atom stereocenters. The summed E-state index contributed by atoms with van der Waals surface area (Å²) in [5.74, 6) is 0.922. The summed E-state index contributed by atoms with van der Waals surface area (Å²) in [6, 6.07) is 11.3. The minimum atomic E-state index is -0.824. The van der Waals surface area contributed by atoms with Gasteiger partial charge in [0.15, 0.2) is 0 Å². The molecule has 1 aromatic heterocycles. The Balaban J connectivity index is 1.55. The molecular formula is C19H23NO3. The van der Waals surface area contributed by atoms with Crippen LogP contribution in [0.1, 0.15) is 65.8 Å². The van der Waals surface area contributed by atoms with E-state index in [1.54, 1.807) is 12.1 Å². The fourth-order valence-electron chi connectivity index (χ4n) is 3.22. The third kappa shape index (κ3) is 4.02. The van der Waals surface area contributed by atoms with Gasteiger partial charge in [-0.05, 0) is 48.6 Å². The molecule has 1 fully saturated rings. The molecule has 3 rings (SSSR count). The van der Waals surface area contributed by atoms with Gasteiger partial charge in [0, 0.05) is 5.56 Å². The first-order valence-electron chi connectivity index (χ1n) is 8.33. The first kappa shape index (κ1) is 15.8. The van der Waals surface area contributed by atoms with Crippen molar-refractivity contribution < 1.29 is 14.3 Å². The van der Waals surface area contributed by atoms with Gasteiger partial charge in [-0.3, -0.25) is 4.79 Å². The standard InChI is InChI=1S/C19H23NO3/c21-17(18-7-4-12-23-18)13-20-19(22)16-10-8-15(9-11-16)14-5-2-1-3-6-14/h4,7-12,14,17,21H,1-3,5-6,13H2,(H,20,22). The van der Waals surface area contributed by atoms with E-state index in [9.17, 15) is 9.90 Å². The highest BCUT2D eigenvalue weighted by Crippen LogP contribution is 2.32. The highest BCUT2D eigenvalue weighted by atomic mass is 16.4. The molecular weight excluding hydrogens is 290 g/mol. The Morgan fingerprint density at radius 3 is 2.57 bits per heavy atom. The Kier molecular flexibility index (Phi) is 5.13. The van der Waals surface area contributed by atoms with E-state index in [2.05, 4.69) is 17.4 Å². The zero-order chi connectivity index (χ0) is 16.1. The maximum atomic E-state index is 12.2. The van der Waals surface area contributed by atoms with Gasteiger partial charge in [0.1, 0.15) is 11.9 Å². The van der Waals surface area contributed by atoms with Crippen molar-refractivity contribution in [2.45, 2.75) is 44.1 Å². The number of benzene rings is 1. The number of carbonyl (C=O) groups excluding carboxylic acids is 1. The Bertz CT molecular complexity index is 613. The predicted molar refractivity (Wildman–Crippen MR) is 88.3 cm³/mol. The molecule has 1 heterocycles. The molecule has 4 heteroatoms. The zero-order valence-corrected chi connectivity index (χ0v) is 13.2. The second-order valence-corrected chi connectivity index (χ2v) is 6.20. The van der Waals surface area contributed by atoms with Crippen LogP contribution in [0.2, 0.25) is 0 Å². The Morgan fingerprint density at radius 2 is 1.91 bits per heavy atom. The van der Waals surface area contributed by atoms with Gasteiger partial charge in [0.05, 0.1) is 12.8 Å². The molecule has 122 valence electrons. The lowest BCUT2D eigenvalue weighted by Crippen LogP contribution is -2.28. The van der Waals surface area contributed by atoms with E-state index in [4.69, 9.17) is 4.42 Å². The summed E-state index contributed by atoms with van der Waals surface area (Å²) in [4.78, 5) is 12.2. The van der Waals surface area contributed by atoms with E-state index in [0.29, 0.717) is 17.2 Å². The van der Waals surface area contributed by atoms with Gasteiger partial charge >= 0.3 is 0 Å². The number of amides is 1. The highest BCUT2D eigenvalue weighted by Gasteiger charge is 2.16. The molecule has 23 heavy (non-hydrogen) atoms. The summed E-state index contributed by atoms with van der Waals surface area (Å²) < 4.78 is 5.11. The lowest BCUT2D eigenvalue weighted by molar-refractivity contribution is 0.0901. The lowest BCUT2D eigenvalue weighted by atomic mass is 9.84. The van der Waals surface area contributed by atoms with Crippen molar-refractivity contribution in [2.75, 3.05) is 6.54 Å². The molecule has 0 radical (unpaired) electrons. The maximum Gasteiger partial charge on any atom is 0.251 e. The second kappa shape index (κ2) is 7.47. The molecule has 1 aliphatic rings. The fraction of sp³-hybridized carbons (Fsp3) is 0.421. The smallest absolute Gasteiger partial charge is 0.251 e. The summed E-state index contributed by atoms with van der Waals surface area (Å²) in [5, 5.41) is 12.6. The van der Waals surface area contributed by atoms with Crippen LogP contribution in [-0.4, -0.2) is 17.6 Å². The first-order valence-corrected chi connectivity index (χ1v) is 8.33. The second-order valence-electron chi connectivity index (χ2n) is 6.20. The van der Waals surface area contributed by atoms with Crippen molar-refractivity contribution in [3.8, 4) is 0 Å². The number of hydrogen-bond acceptors (Lipinski definition) is 3. The molecule has 4 nitrogen and oxygen atoms in total. The third-order valence-corrected chi connectivity index (χ3v) is 4.58. The van der Waals surface area contributed by atoms with Crippen LogP contribution < -0.4 is 5.32 Å². The highest BCUT2D eigenvalue weighted by molar-refractivity contribution is 5.94. The molecule has 1 atom stereocenters.